The normalized spacial score (nSPS) is 10.0. The number of urea groups is 1. The molecule has 1 aromatic carbocycles. The minimum Gasteiger partial charge on any atom is -0.433 e. The van der Waals surface area contributed by atoms with E-state index < -0.39 is 12.6 Å². The Hall–Kier alpha value is -2.11. The third kappa shape index (κ3) is 4.04. The number of hydrogen-bond acceptors (Lipinski definition) is 2. The van der Waals surface area contributed by atoms with Crippen molar-refractivity contribution in [1.29, 1.82) is 0 Å². The number of benzene rings is 1. The second kappa shape index (κ2) is 6.58. The molecule has 1 aromatic rings. The summed E-state index contributed by atoms with van der Waals surface area (Å²) in [4.78, 5) is 11.4. The van der Waals surface area contributed by atoms with E-state index in [1.807, 2.05) is 0 Å². The quantitative estimate of drug-likeness (QED) is 0.796. The summed E-state index contributed by atoms with van der Waals surface area (Å²) in [6, 6.07) is 4.10. The molecule has 0 heterocycles. The lowest BCUT2D eigenvalue weighted by molar-refractivity contribution is -0.0493. The minimum absolute atomic E-state index is 0.0706. The average molecular weight is 256 g/mol. The standard InChI is InChI=1S/C12H14F2N2O2/c1-3-7-15-12(17)16-10-8(2)5-4-6-9(10)18-11(13)14/h3-6,11H,1,7H2,2H3,(H2,15,16,17). The molecule has 0 saturated carbocycles. The highest BCUT2D eigenvalue weighted by atomic mass is 19.3. The van der Waals surface area contributed by atoms with E-state index in [2.05, 4.69) is 21.9 Å². The molecular formula is C12H14F2N2O2. The fourth-order valence-corrected chi connectivity index (χ4v) is 1.32. The van der Waals surface area contributed by atoms with Crippen LogP contribution in [0.2, 0.25) is 0 Å². The number of rotatable bonds is 5. The van der Waals surface area contributed by atoms with Gasteiger partial charge in [-0.25, -0.2) is 4.79 Å². The molecule has 0 saturated heterocycles. The molecule has 1 rings (SSSR count). The van der Waals surface area contributed by atoms with Crippen molar-refractivity contribution in [3.05, 3.63) is 36.4 Å². The number of hydrogen-bond donors (Lipinski definition) is 2. The van der Waals surface area contributed by atoms with Gasteiger partial charge in [0.05, 0.1) is 5.69 Å². The van der Waals surface area contributed by atoms with Crippen molar-refractivity contribution in [3.63, 3.8) is 0 Å². The van der Waals surface area contributed by atoms with E-state index in [0.29, 0.717) is 5.56 Å². The van der Waals surface area contributed by atoms with Crippen molar-refractivity contribution in [3.8, 4) is 5.75 Å². The van der Waals surface area contributed by atoms with Crippen LogP contribution in [0.4, 0.5) is 19.3 Å². The number of ether oxygens (including phenoxy) is 1. The molecule has 0 unspecified atom stereocenters. The van der Waals surface area contributed by atoms with Gasteiger partial charge >= 0.3 is 12.6 Å². The molecule has 98 valence electrons. The summed E-state index contributed by atoms with van der Waals surface area (Å²) < 4.78 is 28.8. The number of halogens is 2. The Balaban J connectivity index is 2.85. The highest BCUT2D eigenvalue weighted by Crippen LogP contribution is 2.29. The fourth-order valence-electron chi connectivity index (χ4n) is 1.32. The molecule has 0 atom stereocenters. The summed E-state index contributed by atoms with van der Waals surface area (Å²) >= 11 is 0. The third-order valence-electron chi connectivity index (χ3n) is 2.10. The minimum atomic E-state index is -2.94. The molecule has 0 aromatic heterocycles. The first-order valence-corrected chi connectivity index (χ1v) is 5.24. The fraction of sp³-hybridized carbons (Fsp3) is 0.250. The van der Waals surface area contributed by atoms with Crippen molar-refractivity contribution < 1.29 is 18.3 Å². The molecule has 0 fully saturated rings. The molecule has 18 heavy (non-hydrogen) atoms. The zero-order valence-electron chi connectivity index (χ0n) is 9.87. The second-order valence-electron chi connectivity index (χ2n) is 3.45. The van der Waals surface area contributed by atoms with E-state index in [1.165, 1.54) is 12.1 Å². The largest absolute Gasteiger partial charge is 0.433 e. The van der Waals surface area contributed by atoms with E-state index in [9.17, 15) is 13.6 Å². The number of carbonyl (C=O) groups excluding carboxylic acids is 1. The van der Waals surface area contributed by atoms with Gasteiger partial charge in [0.25, 0.3) is 0 Å². The predicted octanol–water partition coefficient (Wildman–Crippen LogP) is 2.90. The van der Waals surface area contributed by atoms with E-state index in [1.54, 1.807) is 19.1 Å². The first-order valence-electron chi connectivity index (χ1n) is 5.24. The molecule has 6 heteroatoms. The highest BCUT2D eigenvalue weighted by Gasteiger charge is 2.13. The molecule has 4 nitrogen and oxygen atoms in total. The lowest BCUT2D eigenvalue weighted by Crippen LogP contribution is -2.29. The summed E-state index contributed by atoms with van der Waals surface area (Å²) in [7, 11) is 0. The van der Waals surface area contributed by atoms with Gasteiger partial charge in [-0.05, 0) is 18.6 Å². The van der Waals surface area contributed by atoms with Crippen LogP contribution in [0.1, 0.15) is 5.56 Å². The monoisotopic (exact) mass is 256 g/mol. The van der Waals surface area contributed by atoms with Crippen LogP contribution in [0.15, 0.2) is 30.9 Å². The highest BCUT2D eigenvalue weighted by molar-refractivity contribution is 5.92. The number of nitrogens with one attached hydrogen (secondary N) is 2. The van der Waals surface area contributed by atoms with Crippen molar-refractivity contribution in [2.45, 2.75) is 13.5 Å². The van der Waals surface area contributed by atoms with E-state index in [4.69, 9.17) is 0 Å². The Bertz CT molecular complexity index is 436. The molecule has 0 aliphatic heterocycles. The summed E-state index contributed by atoms with van der Waals surface area (Å²) in [5.41, 5.74) is 0.848. The number of carbonyl (C=O) groups is 1. The summed E-state index contributed by atoms with van der Waals surface area (Å²) in [5.74, 6) is -0.0706. The van der Waals surface area contributed by atoms with Crippen LogP contribution in [0, 0.1) is 6.92 Å². The van der Waals surface area contributed by atoms with Gasteiger partial charge in [0.1, 0.15) is 5.75 Å². The maximum absolute atomic E-state index is 12.2. The zero-order valence-corrected chi connectivity index (χ0v) is 9.87. The van der Waals surface area contributed by atoms with Crippen LogP contribution < -0.4 is 15.4 Å². The van der Waals surface area contributed by atoms with E-state index in [-0.39, 0.29) is 18.0 Å². The van der Waals surface area contributed by atoms with Crippen LogP contribution in [0.25, 0.3) is 0 Å². The van der Waals surface area contributed by atoms with Gasteiger partial charge in [0, 0.05) is 6.54 Å². The van der Waals surface area contributed by atoms with Crippen molar-refractivity contribution in [2.24, 2.45) is 0 Å². The molecule has 0 radical (unpaired) electrons. The van der Waals surface area contributed by atoms with Crippen LogP contribution in [-0.4, -0.2) is 19.2 Å². The Labute approximate surface area is 104 Å². The van der Waals surface area contributed by atoms with Gasteiger partial charge in [-0.1, -0.05) is 18.2 Å². The summed E-state index contributed by atoms with van der Waals surface area (Å²) in [5, 5.41) is 4.94. The van der Waals surface area contributed by atoms with Gasteiger partial charge < -0.3 is 15.4 Å². The van der Waals surface area contributed by atoms with Gasteiger partial charge in [-0.15, -0.1) is 6.58 Å². The Morgan fingerprint density at radius 2 is 2.28 bits per heavy atom. The number of alkyl halides is 2. The smallest absolute Gasteiger partial charge is 0.387 e. The molecular weight excluding hydrogens is 242 g/mol. The Kier molecular flexibility index (Phi) is 5.10. The molecule has 2 amide bonds. The van der Waals surface area contributed by atoms with Crippen molar-refractivity contribution in [1.82, 2.24) is 5.32 Å². The van der Waals surface area contributed by atoms with Crippen molar-refractivity contribution >= 4 is 11.7 Å². The van der Waals surface area contributed by atoms with Crippen molar-refractivity contribution in [2.75, 3.05) is 11.9 Å². The summed E-state index contributed by atoms with van der Waals surface area (Å²) in [6.07, 6.45) is 1.51. The number of aryl methyl sites for hydroxylation is 1. The lowest BCUT2D eigenvalue weighted by Gasteiger charge is -2.14. The van der Waals surface area contributed by atoms with E-state index in [0.717, 1.165) is 0 Å². The van der Waals surface area contributed by atoms with Crippen LogP contribution >= 0.6 is 0 Å². The van der Waals surface area contributed by atoms with Gasteiger partial charge in [0.15, 0.2) is 0 Å². The van der Waals surface area contributed by atoms with Gasteiger partial charge in [-0.2, -0.15) is 8.78 Å². The van der Waals surface area contributed by atoms with Gasteiger partial charge in [0.2, 0.25) is 0 Å². The Morgan fingerprint density at radius 3 is 2.89 bits per heavy atom. The molecule has 0 bridgehead atoms. The topological polar surface area (TPSA) is 50.4 Å². The maximum atomic E-state index is 12.2. The predicted molar refractivity (Wildman–Crippen MR) is 65.0 cm³/mol. The first kappa shape index (κ1) is 14.0. The SMILES string of the molecule is C=CCNC(=O)Nc1c(C)cccc1OC(F)F. The van der Waals surface area contributed by atoms with Crippen LogP contribution in [0.3, 0.4) is 0 Å². The Morgan fingerprint density at radius 1 is 1.56 bits per heavy atom. The number of amides is 2. The third-order valence-corrected chi connectivity index (χ3v) is 2.10. The van der Waals surface area contributed by atoms with Gasteiger partial charge in [-0.3, -0.25) is 0 Å². The summed E-state index contributed by atoms with van der Waals surface area (Å²) in [6.45, 7) is 2.47. The first-order chi connectivity index (χ1) is 8.54. The van der Waals surface area contributed by atoms with Crippen LogP contribution in [-0.2, 0) is 0 Å². The molecule has 0 aliphatic carbocycles. The number of para-hydroxylation sites is 1. The zero-order chi connectivity index (χ0) is 13.5. The van der Waals surface area contributed by atoms with E-state index >= 15 is 0 Å². The lowest BCUT2D eigenvalue weighted by atomic mass is 10.2. The molecule has 2 N–H and O–H groups in total. The second-order valence-corrected chi connectivity index (χ2v) is 3.45. The average Bonchev–Trinajstić information content (AvgIpc) is 2.30. The molecule has 0 spiro atoms. The maximum Gasteiger partial charge on any atom is 0.387 e. The number of anilines is 1. The van der Waals surface area contributed by atoms with Crippen LogP contribution in [0.5, 0.6) is 5.75 Å². The molecule has 0 aliphatic rings.